The molecule has 2 aromatic carbocycles. The van der Waals surface area contributed by atoms with E-state index in [1.54, 1.807) is 31.2 Å². The molecule has 3 rings (SSSR count). The summed E-state index contributed by atoms with van der Waals surface area (Å²) in [6.45, 7) is 3.80. The van der Waals surface area contributed by atoms with Gasteiger partial charge in [0.25, 0.3) is 0 Å². The van der Waals surface area contributed by atoms with Crippen molar-refractivity contribution in [1.29, 1.82) is 0 Å². The van der Waals surface area contributed by atoms with Crippen LogP contribution in [0.4, 0.5) is 5.69 Å². The van der Waals surface area contributed by atoms with E-state index in [2.05, 4.69) is 28.5 Å². The molecule has 1 aliphatic heterocycles. The molecular formula is C18H19N3O2. The van der Waals surface area contributed by atoms with E-state index in [9.17, 15) is 4.79 Å². The molecule has 0 radical (unpaired) electrons. The van der Waals surface area contributed by atoms with Crippen LogP contribution in [0.25, 0.3) is 0 Å². The van der Waals surface area contributed by atoms with Crippen molar-refractivity contribution < 1.29 is 9.53 Å². The standard InChI is InChI=1S/C18H19N3O2/c1-2-23-18(22)15-7-9-17(10-8-15)19-20-21-12-11-14-5-3-4-6-16(14)13-21/h3-10H,2,11-13H2,1H3. The summed E-state index contributed by atoms with van der Waals surface area (Å²) in [6, 6.07) is 15.4. The topological polar surface area (TPSA) is 54.3 Å². The summed E-state index contributed by atoms with van der Waals surface area (Å²) in [5.41, 5.74) is 3.93. The smallest absolute Gasteiger partial charge is 0.338 e. The Morgan fingerprint density at radius 2 is 1.87 bits per heavy atom. The number of rotatable bonds is 4. The second kappa shape index (κ2) is 7.05. The minimum absolute atomic E-state index is 0.316. The Balaban J connectivity index is 1.63. The van der Waals surface area contributed by atoms with Gasteiger partial charge in [0.1, 0.15) is 0 Å². The van der Waals surface area contributed by atoms with Gasteiger partial charge in [-0.1, -0.05) is 29.5 Å². The first kappa shape index (κ1) is 15.2. The van der Waals surface area contributed by atoms with Crippen LogP contribution in [0.1, 0.15) is 28.4 Å². The van der Waals surface area contributed by atoms with Gasteiger partial charge in [0.2, 0.25) is 0 Å². The van der Waals surface area contributed by atoms with Crippen molar-refractivity contribution in [2.75, 3.05) is 13.2 Å². The van der Waals surface area contributed by atoms with E-state index in [4.69, 9.17) is 4.74 Å². The Hall–Kier alpha value is -2.69. The maximum absolute atomic E-state index is 11.6. The molecule has 1 heterocycles. The summed E-state index contributed by atoms with van der Waals surface area (Å²) >= 11 is 0. The monoisotopic (exact) mass is 309 g/mol. The average Bonchev–Trinajstić information content (AvgIpc) is 2.60. The normalized spacial score (nSPS) is 13.9. The van der Waals surface area contributed by atoms with Gasteiger partial charge in [-0.25, -0.2) is 4.79 Å². The summed E-state index contributed by atoms with van der Waals surface area (Å²) in [6.07, 6.45) is 0.983. The van der Waals surface area contributed by atoms with Crippen molar-refractivity contribution >= 4 is 11.7 Å². The number of fused-ring (bicyclic) bond motifs is 1. The van der Waals surface area contributed by atoms with E-state index in [0.29, 0.717) is 12.2 Å². The minimum atomic E-state index is -0.316. The van der Waals surface area contributed by atoms with Crippen LogP contribution in [-0.2, 0) is 17.7 Å². The van der Waals surface area contributed by atoms with Gasteiger partial charge in [0.15, 0.2) is 0 Å². The van der Waals surface area contributed by atoms with Crippen LogP contribution >= 0.6 is 0 Å². The minimum Gasteiger partial charge on any atom is -0.462 e. The SMILES string of the molecule is CCOC(=O)c1ccc(N=NN2CCc3ccccc3C2)cc1. The molecule has 0 amide bonds. The van der Waals surface area contributed by atoms with E-state index in [-0.39, 0.29) is 5.97 Å². The summed E-state index contributed by atoms with van der Waals surface area (Å²) in [5, 5.41) is 10.5. The lowest BCUT2D eigenvalue weighted by molar-refractivity contribution is 0.0526. The molecule has 0 atom stereocenters. The molecule has 5 heteroatoms. The Kier molecular flexibility index (Phi) is 4.66. The Labute approximate surface area is 135 Å². The van der Waals surface area contributed by atoms with Gasteiger partial charge in [-0.3, -0.25) is 5.01 Å². The summed E-state index contributed by atoms with van der Waals surface area (Å²) < 4.78 is 4.96. The molecule has 2 aromatic rings. The highest BCUT2D eigenvalue weighted by atomic mass is 16.5. The van der Waals surface area contributed by atoms with Crippen LogP contribution in [0.15, 0.2) is 58.9 Å². The van der Waals surface area contributed by atoms with E-state index < -0.39 is 0 Å². The highest BCUT2D eigenvalue weighted by Crippen LogP contribution is 2.20. The van der Waals surface area contributed by atoms with Gasteiger partial charge in [0.05, 0.1) is 24.4 Å². The number of hydrogen-bond donors (Lipinski definition) is 0. The van der Waals surface area contributed by atoms with Gasteiger partial charge < -0.3 is 4.74 Å². The fourth-order valence-corrected chi connectivity index (χ4v) is 2.55. The van der Waals surface area contributed by atoms with Crippen LogP contribution in [0.5, 0.6) is 0 Å². The molecule has 23 heavy (non-hydrogen) atoms. The number of benzene rings is 2. The molecule has 0 N–H and O–H groups in total. The summed E-state index contributed by atoms with van der Waals surface area (Å²) in [5.74, 6) is -0.316. The molecule has 0 aliphatic carbocycles. The van der Waals surface area contributed by atoms with Gasteiger partial charge >= 0.3 is 5.97 Å². The van der Waals surface area contributed by atoms with Crippen molar-refractivity contribution in [2.24, 2.45) is 10.3 Å². The Bertz CT molecular complexity index is 710. The van der Waals surface area contributed by atoms with E-state index in [0.717, 1.165) is 25.2 Å². The van der Waals surface area contributed by atoms with Gasteiger partial charge in [-0.05, 0) is 48.7 Å². The second-order valence-corrected chi connectivity index (χ2v) is 5.36. The van der Waals surface area contributed by atoms with Crippen LogP contribution in [-0.4, -0.2) is 24.1 Å². The molecule has 0 fully saturated rings. The molecule has 0 bridgehead atoms. The summed E-state index contributed by atoms with van der Waals surface area (Å²) in [4.78, 5) is 11.6. The first-order valence-electron chi connectivity index (χ1n) is 7.77. The van der Waals surface area contributed by atoms with Crippen molar-refractivity contribution in [2.45, 2.75) is 19.9 Å². The third-order valence-corrected chi connectivity index (χ3v) is 3.78. The zero-order chi connectivity index (χ0) is 16.1. The fraction of sp³-hybridized carbons (Fsp3) is 0.278. The molecule has 0 unspecified atom stereocenters. The van der Waals surface area contributed by atoms with Crippen molar-refractivity contribution in [1.82, 2.24) is 5.01 Å². The molecule has 1 aliphatic rings. The highest BCUT2D eigenvalue weighted by molar-refractivity contribution is 5.89. The van der Waals surface area contributed by atoms with Gasteiger partial charge in [-0.15, -0.1) is 5.11 Å². The number of nitrogens with zero attached hydrogens (tertiary/aromatic N) is 3. The van der Waals surface area contributed by atoms with Crippen LogP contribution in [0, 0.1) is 0 Å². The first-order chi connectivity index (χ1) is 11.3. The highest BCUT2D eigenvalue weighted by Gasteiger charge is 2.14. The number of ether oxygens (including phenoxy) is 1. The van der Waals surface area contributed by atoms with Crippen LogP contribution in [0.3, 0.4) is 0 Å². The number of carbonyl (C=O) groups is 1. The Morgan fingerprint density at radius 3 is 2.61 bits per heavy atom. The lowest BCUT2D eigenvalue weighted by atomic mass is 10.0. The van der Waals surface area contributed by atoms with Crippen molar-refractivity contribution in [3.8, 4) is 0 Å². The largest absolute Gasteiger partial charge is 0.462 e. The quantitative estimate of drug-likeness (QED) is 0.635. The predicted octanol–water partition coefficient (Wildman–Crippen LogP) is 3.92. The van der Waals surface area contributed by atoms with Crippen molar-refractivity contribution in [3.05, 3.63) is 65.2 Å². The molecule has 0 spiro atoms. The molecule has 5 nitrogen and oxygen atoms in total. The van der Waals surface area contributed by atoms with Gasteiger partial charge in [0, 0.05) is 6.54 Å². The molecule has 0 saturated heterocycles. The number of esters is 1. The number of hydrogen-bond acceptors (Lipinski definition) is 4. The van der Waals surface area contributed by atoms with Crippen LogP contribution < -0.4 is 0 Å². The first-order valence-corrected chi connectivity index (χ1v) is 7.77. The van der Waals surface area contributed by atoms with Gasteiger partial charge in [-0.2, -0.15) is 0 Å². The lowest BCUT2D eigenvalue weighted by Gasteiger charge is -2.24. The average molecular weight is 309 g/mol. The van der Waals surface area contributed by atoms with Crippen molar-refractivity contribution in [3.63, 3.8) is 0 Å². The van der Waals surface area contributed by atoms with E-state index >= 15 is 0 Å². The zero-order valence-electron chi connectivity index (χ0n) is 13.1. The zero-order valence-corrected chi connectivity index (χ0v) is 13.1. The maximum atomic E-state index is 11.6. The Morgan fingerprint density at radius 1 is 1.13 bits per heavy atom. The lowest BCUT2D eigenvalue weighted by Crippen LogP contribution is -2.25. The third kappa shape index (κ3) is 3.74. The van der Waals surface area contributed by atoms with E-state index in [1.165, 1.54) is 11.1 Å². The molecule has 0 aromatic heterocycles. The fourth-order valence-electron chi connectivity index (χ4n) is 2.55. The second-order valence-electron chi connectivity index (χ2n) is 5.36. The molecule has 0 saturated carbocycles. The molecular weight excluding hydrogens is 290 g/mol. The summed E-state index contributed by atoms with van der Waals surface area (Å²) in [7, 11) is 0. The van der Waals surface area contributed by atoms with Crippen LogP contribution in [0.2, 0.25) is 0 Å². The molecule has 118 valence electrons. The third-order valence-electron chi connectivity index (χ3n) is 3.78. The number of carbonyl (C=O) groups excluding carboxylic acids is 1. The predicted molar refractivity (Wildman–Crippen MR) is 87.5 cm³/mol. The van der Waals surface area contributed by atoms with E-state index in [1.807, 2.05) is 11.1 Å². The maximum Gasteiger partial charge on any atom is 0.338 e.